The quantitative estimate of drug-likeness (QED) is 0.775. The predicted molar refractivity (Wildman–Crippen MR) is 101 cm³/mol. The molecule has 0 aliphatic carbocycles. The highest BCUT2D eigenvalue weighted by Crippen LogP contribution is 2.32. The van der Waals surface area contributed by atoms with Crippen LogP contribution in [0.4, 0.5) is 0 Å². The average Bonchev–Trinajstić information content (AvgIpc) is 3.06. The Labute approximate surface area is 146 Å². The van der Waals surface area contributed by atoms with Gasteiger partial charge in [-0.3, -0.25) is 4.99 Å². The normalized spacial score (nSPS) is 14.4. The van der Waals surface area contributed by atoms with Crippen LogP contribution in [0.3, 0.4) is 0 Å². The zero-order valence-corrected chi connectivity index (χ0v) is 14.6. The van der Waals surface area contributed by atoms with Crippen molar-refractivity contribution in [2.24, 2.45) is 4.99 Å². The highest BCUT2D eigenvalue weighted by molar-refractivity contribution is 5.84. The van der Waals surface area contributed by atoms with Crippen LogP contribution < -0.4 is 4.74 Å². The number of hydrogen-bond acceptors (Lipinski definition) is 4. The number of nitrogens with zero attached hydrogens (tertiary/aromatic N) is 3. The van der Waals surface area contributed by atoms with Gasteiger partial charge in [-0.1, -0.05) is 0 Å². The van der Waals surface area contributed by atoms with E-state index >= 15 is 0 Å². The molecule has 126 valence electrons. The van der Waals surface area contributed by atoms with E-state index in [4.69, 9.17) is 4.74 Å². The summed E-state index contributed by atoms with van der Waals surface area (Å²) >= 11 is 0. The second-order valence-corrected chi connectivity index (χ2v) is 6.26. The molecule has 0 atom stereocenters. The highest BCUT2D eigenvalue weighted by Gasteiger charge is 2.16. The predicted octanol–water partition coefficient (Wildman–Crippen LogP) is 4.37. The van der Waals surface area contributed by atoms with Crippen molar-refractivity contribution in [3.05, 3.63) is 59.5 Å². The number of pyridine rings is 1. The summed E-state index contributed by atoms with van der Waals surface area (Å²) in [6, 6.07) is 10.0. The number of rotatable bonds is 3. The molecule has 1 aromatic carbocycles. The first-order valence-corrected chi connectivity index (χ1v) is 8.29. The largest absolute Gasteiger partial charge is 0.438 e. The van der Waals surface area contributed by atoms with E-state index in [1.165, 1.54) is 5.56 Å². The van der Waals surface area contributed by atoms with E-state index in [0.29, 0.717) is 5.88 Å². The summed E-state index contributed by atoms with van der Waals surface area (Å²) in [6.07, 6.45) is 5.58. The maximum atomic E-state index is 6.04. The molecule has 0 saturated heterocycles. The number of aromatic nitrogens is 2. The number of aryl methyl sites for hydroxylation is 1. The summed E-state index contributed by atoms with van der Waals surface area (Å²) in [5, 5.41) is 0.976. The third-order valence-corrected chi connectivity index (χ3v) is 4.47. The molecule has 1 N–H and O–H groups in total. The van der Waals surface area contributed by atoms with Crippen LogP contribution in [-0.4, -0.2) is 34.7 Å². The Morgan fingerprint density at radius 2 is 2.04 bits per heavy atom. The summed E-state index contributed by atoms with van der Waals surface area (Å²) in [5.74, 6) is 1.39. The number of ether oxygens (including phenoxy) is 1. The Balaban J connectivity index is 1.69. The lowest BCUT2D eigenvalue weighted by Gasteiger charge is -2.26. The minimum atomic E-state index is 0.612. The number of fused-ring (bicyclic) bond motifs is 1. The smallest absolute Gasteiger partial charge is 0.228 e. The molecule has 25 heavy (non-hydrogen) atoms. The number of H-pyrrole nitrogens is 1. The first-order valence-electron chi connectivity index (χ1n) is 8.29. The van der Waals surface area contributed by atoms with Gasteiger partial charge in [0.1, 0.15) is 5.75 Å². The summed E-state index contributed by atoms with van der Waals surface area (Å²) < 4.78 is 6.04. The van der Waals surface area contributed by atoms with Crippen LogP contribution in [0.15, 0.2) is 53.4 Å². The molecule has 4 rings (SSSR count). The molecule has 3 aromatic rings. The molecule has 0 fully saturated rings. The third kappa shape index (κ3) is 2.78. The fourth-order valence-corrected chi connectivity index (χ4v) is 3.24. The van der Waals surface area contributed by atoms with Crippen molar-refractivity contribution < 1.29 is 4.74 Å². The minimum absolute atomic E-state index is 0.612. The average molecular weight is 332 g/mol. The third-order valence-electron chi connectivity index (χ3n) is 4.47. The van der Waals surface area contributed by atoms with Gasteiger partial charge in [-0.25, -0.2) is 4.98 Å². The lowest BCUT2D eigenvalue weighted by atomic mass is 10.0. The number of hydrogen-bond donors (Lipinski definition) is 1. The molecule has 5 heteroatoms. The Hall–Kier alpha value is -3.08. The van der Waals surface area contributed by atoms with E-state index in [1.807, 2.05) is 37.5 Å². The Morgan fingerprint density at radius 3 is 2.84 bits per heavy atom. The summed E-state index contributed by atoms with van der Waals surface area (Å²) in [7, 11) is 2.09. The monoisotopic (exact) mass is 332 g/mol. The van der Waals surface area contributed by atoms with E-state index in [-0.39, 0.29) is 0 Å². The van der Waals surface area contributed by atoms with Gasteiger partial charge in [-0.15, -0.1) is 0 Å². The van der Waals surface area contributed by atoms with E-state index in [1.54, 1.807) is 6.20 Å². The number of aliphatic imine (C=N–C) groups is 1. The molecular weight excluding hydrogens is 312 g/mol. The lowest BCUT2D eigenvalue weighted by molar-refractivity contribution is 0.468. The second-order valence-electron chi connectivity index (χ2n) is 6.26. The molecule has 0 spiro atoms. The summed E-state index contributed by atoms with van der Waals surface area (Å²) in [5.41, 5.74) is 5.54. The maximum Gasteiger partial charge on any atom is 0.228 e. The molecular formula is C20H20N4O. The van der Waals surface area contributed by atoms with Crippen LogP contribution in [0.5, 0.6) is 11.6 Å². The van der Waals surface area contributed by atoms with Crippen LogP contribution in [0.1, 0.15) is 18.1 Å². The Kier molecular flexibility index (Phi) is 3.76. The van der Waals surface area contributed by atoms with Gasteiger partial charge in [0.15, 0.2) is 0 Å². The van der Waals surface area contributed by atoms with Gasteiger partial charge in [0.2, 0.25) is 5.88 Å². The molecule has 0 saturated carbocycles. The molecule has 3 heterocycles. The number of aromatic amines is 1. The van der Waals surface area contributed by atoms with Crippen molar-refractivity contribution in [1.82, 2.24) is 14.9 Å². The van der Waals surface area contributed by atoms with Gasteiger partial charge in [-0.05, 0) is 49.7 Å². The first kappa shape index (κ1) is 15.4. The van der Waals surface area contributed by atoms with E-state index in [0.717, 1.165) is 40.2 Å². The molecule has 2 aromatic heterocycles. The molecule has 5 nitrogen and oxygen atoms in total. The second kappa shape index (κ2) is 6.09. The maximum absolute atomic E-state index is 6.04. The van der Waals surface area contributed by atoms with Gasteiger partial charge >= 0.3 is 0 Å². The number of nitrogens with one attached hydrogen (secondary N) is 1. The first-order chi connectivity index (χ1) is 12.1. The van der Waals surface area contributed by atoms with Gasteiger partial charge in [0.25, 0.3) is 0 Å². The zero-order valence-electron chi connectivity index (χ0n) is 14.6. The van der Waals surface area contributed by atoms with Crippen molar-refractivity contribution in [3.8, 4) is 11.6 Å². The SMILES string of the molecule is CC1=C(c2ccc(Oc3nccc4[nH]ccc34)cc2C)N(C)CC=N1. The number of allylic oxidation sites excluding steroid dienone is 1. The van der Waals surface area contributed by atoms with Crippen molar-refractivity contribution in [2.75, 3.05) is 13.6 Å². The van der Waals surface area contributed by atoms with Crippen molar-refractivity contribution in [2.45, 2.75) is 13.8 Å². The van der Waals surface area contributed by atoms with Crippen LogP contribution in [0.25, 0.3) is 16.6 Å². The molecule has 1 aliphatic heterocycles. The summed E-state index contributed by atoms with van der Waals surface area (Å²) in [4.78, 5) is 14.2. The Bertz CT molecular complexity index is 1000. The van der Waals surface area contributed by atoms with Gasteiger partial charge < -0.3 is 14.6 Å². The van der Waals surface area contributed by atoms with Crippen molar-refractivity contribution >= 4 is 22.8 Å². The zero-order chi connectivity index (χ0) is 17.4. The van der Waals surface area contributed by atoms with E-state index in [9.17, 15) is 0 Å². The van der Waals surface area contributed by atoms with Crippen LogP contribution in [0.2, 0.25) is 0 Å². The van der Waals surface area contributed by atoms with Gasteiger partial charge in [0, 0.05) is 31.2 Å². The fraction of sp³-hybridized carbons (Fsp3) is 0.200. The molecule has 0 amide bonds. The summed E-state index contributed by atoms with van der Waals surface area (Å²) in [6.45, 7) is 4.96. The van der Waals surface area contributed by atoms with Crippen LogP contribution in [-0.2, 0) is 0 Å². The minimum Gasteiger partial charge on any atom is -0.438 e. The lowest BCUT2D eigenvalue weighted by Crippen LogP contribution is -2.23. The standard InChI is InChI=1S/C20H20N4O/c1-13-12-15(25-20-17-6-8-22-18(17)7-9-23-20)4-5-16(13)19-14(2)21-10-11-24(19)3/h4-10,12,22H,11H2,1-3H3. The Morgan fingerprint density at radius 1 is 1.16 bits per heavy atom. The van der Waals surface area contributed by atoms with Crippen molar-refractivity contribution in [1.29, 1.82) is 0 Å². The molecule has 0 radical (unpaired) electrons. The van der Waals surface area contributed by atoms with Crippen LogP contribution in [0, 0.1) is 6.92 Å². The molecule has 0 bridgehead atoms. The highest BCUT2D eigenvalue weighted by atomic mass is 16.5. The van der Waals surface area contributed by atoms with Gasteiger partial charge in [0.05, 0.1) is 28.8 Å². The van der Waals surface area contributed by atoms with Gasteiger partial charge in [-0.2, -0.15) is 0 Å². The fourth-order valence-electron chi connectivity index (χ4n) is 3.24. The van der Waals surface area contributed by atoms with E-state index in [2.05, 4.69) is 46.0 Å². The van der Waals surface area contributed by atoms with Crippen LogP contribution >= 0.6 is 0 Å². The molecule has 0 unspecified atom stereocenters. The van der Waals surface area contributed by atoms with Crippen molar-refractivity contribution in [3.63, 3.8) is 0 Å². The number of benzene rings is 1. The topological polar surface area (TPSA) is 53.5 Å². The molecule has 1 aliphatic rings. The van der Waals surface area contributed by atoms with E-state index < -0.39 is 0 Å².